The van der Waals surface area contributed by atoms with Crippen molar-refractivity contribution < 1.29 is 9.90 Å². The fraction of sp³-hybridized carbons (Fsp3) is 0.389. The summed E-state index contributed by atoms with van der Waals surface area (Å²) < 4.78 is 0. The highest BCUT2D eigenvalue weighted by Gasteiger charge is 2.22. The van der Waals surface area contributed by atoms with Crippen molar-refractivity contribution in [1.29, 1.82) is 0 Å². The van der Waals surface area contributed by atoms with Gasteiger partial charge in [-0.15, -0.1) is 0 Å². The third kappa shape index (κ3) is 4.05. The van der Waals surface area contributed by atoms with Crippen LogP contribution < -0.4 is 5.32 Å². The van der Waals surface area contributed by atoms with Crippen LogP contribution in [0.2, 0.25) is 0 Å². The van der Waals surface area contributed by atoms with Crippen LogP contribution in [0.15, 0.2) is 42.5 Å². The van der Waals surface area contributed by atoms with Crippen LogP contribution in [0.4, 0.5) is 0 Å². The van der Waals surface area contributed by atoms with Gasteiger partial charge in [0.2, 0.25) is 0 Å². The summed E-state index contributed by atoms with van der Waals surface area (Å²) >= 11 is 0. The van der Waals surface area contributed by atoms with Crippen LogP contribution in [0.3, 0.4) is 0 Å². The maximum atomic E-state index is 11.3. The molecule has 3 heteroatoms. The topological polar surface area (TPSA) is 49.3 Å². The van der Waals surface area contributed by atoms with Crippen molar-refractivity contribution in [2.24, 2.45) is 5.92 Å². The first kappa shape index (κ1) is 15.5. The molecule has 0 aliphatic heterocycles. The SMILES string of the molecule is CC[C@H](C)[C@H](NCCc1ccc2ccccc2c1)C(=O)O. The van der Waals surface area contributed by atoms with Gasteiger partial charge in [-0.25, -0.2) is 0 Å². The molecule has 21 heavy (non-hydrogen) atoms. The van der Waals surface area contributed by atoms with Gasteiger partial charge in [-0.05, 0) is 35.2 Å². The first-order valence-electron chi connectivity index (χ1n) is 7.55. The van der Waals surface area contributed by atoms with E-state index in [2.05, 4.69) is 35.6 Å². The van der Waals surface area contributed by atoms with Crippen LogP contribution in [0.5, 0.6) is 0 Å². The molecule has 0 spiro atoms. The molecule has 0 bridgehead atoms. The van der Waals surface area contributed by atoms with Gasteiger partial charge in [-0.1, -0.05) is 62.7 Å². The Morgan fingerprint density at radius 1 is 1.19 bits per heavy atom. The van der Waals surface area contributed by atoms with Crippen LogP contribution in [-0.2, 0) is 11.2 Å². The van der Waals surface area contributed by atoms with Crippen molar-refractivity contribution in [3.8, 4) is 0 Å². The third-order valence-corrected chi connectivity index (χ3v) is 4.07. The molecule has 0 radical (unpaired) electrons. The Balaban J connectivity index is 1.96. The van der Waals surface area contributed by atoms with Gasteiger partial charge in [0.05, 0.1) is 0 Å². The Hall–Kier alpha value is -1.87. The minimum absolute atomic E-state index is 0.138. The smallest absolute Gasteiger partial charge is 0.320 e. The van der Waals surface area contributed by atoms with Crippen LogP contribution >= 0.6 is 0 Å². The monoisotopic (exact) mass is 285 g/mol. The molecule has 0 fully saturated rings. The Bertz CT molecular complexity index is 609. The van der Waals surface area contributed by atoms with Gasteiger partial charge in [-0.3, -0.25) is 4.79 Å². The highest BCUT2D eigenvalue weighted by atomic mass is 16.4. The molecule has 2 aromatic carbocycles. The van der Waals surface area contributed by atoms with Crippen molar-refractivity contribution >= 4 is 16.7 Å². The lowest BCUT2D eigenvalue weighted by Gasteiger charge is -2.20. The fourth-order valence-corrected chi connectivity index (χ4v) is 2.53. The van der Waals surface area contributed by atoms with Crippen molar-refractivity contribution in [1.82, 2.24) is 5.32 Å². The van der Waals surface area contributed by atoms with Gasteiger partial charge in [0.1, 0.15) is 6.04 Å². The number of hydrogen-bond acceptors (Lipinski definition) is 2. The molecule has 0 unspecified atom stereocenters. The largest absolute Gasteiger partial charge is 0.480 e. The zero-order chi connectivity index (χ0) is 15.2. The lowest BCUT2D eigenvalue weighted by molar-refractivity contribution is -0.140. The predicted octanol–water partition coefficient (Wildman–Crippen LogP) is 3.47. The number of nitrogens with one attached hydrogen (secondary N) is 1. The highest BCUT2D eigenvalue weighted by molar-refractivity contribution is 5.83. The Labute approximate surface area is 126 Å². The number of fused-ring (bicyclic) bond motifs is 1. The minimum Gasteiger partial charge on any atom is -0.480 e. The van der Waals surface area contributed by atoms with Gasteiger partial charge >= 0.3 is 5.97 Å². The first-order valence-corrected chi connectivity index (χ1v) is 7.55. The van der Waals surface area contributed by atoms with Gasteiger partial charge in [0, 0.05) is 0 Å². The molecular formula is C18H23NO2. The molecule has 2 N–H and O–H groups in total. The normalized spacial score (nSPS) is 14.0. The zero-order valence-corrected chi connectivity index (χ0v) is 12.7. The van der Waals surface area contributed by atoms with E-state index in [9.17, 15) is 9.90 Å². The summed E-state index contributed by atoms with van der Waals surface area (Å²) in [5, 5.41) is 14.9. The average molecular weight is 285 g/mol. The van der Waals surface area contributed by atoms with Crippen LogP contribution in [0, 0.1) is 5.92 Å². The molecule has 0 aromatic heterocycles. The van der Waals surface area contributed by atoms with Gasteiger partial charge < -0.3 is 10.4 Å². The molecule has 0 amide bonds. The second-order valence-electron chi connectivity index (χ2n) is 5.59. The molecule has 0 aliphatic rings. The molecule has 2 aromatic rings. The van der Waals surface area contributed by atoms with Crippen molar-refractivity contribution in [2.75, 3.05) is 6.54 Å². The summed E-state index contributed by atoms with van der Waals surface area (Å²) in [4.78, 5) is 11.3. The number of rotatable bonds is 7. The summed E-state index contributed by atoms with van der Waals surface area (Å²) in [6, 6.07) is 14.2. The lowest BCUT2D eigenvalue weighted by atomic mass is 9.99. The van der Waals surface area contributed by atoms with E-state index in [0.717, 1.165) is 12.8 Å². The van der Waals surface area contributed by atoms with Crippen molar-refractivity contribution in [3.05, 3.63) is 48.0 Å². The van der Waals surface area contributed by atoms with E-state index in [4.69, 9.17) is 0 Å². The summed E-state index contributed by atoms with van der Waals surface area (Å²) in [5.74, 6) is -0.623. The Kier molecular flexibility index (Phi) is 5.34. The van der Waals surface area contributed by atoms with E-state index in [0.29, 0.717) is 6.54 Å². The van der Waals surface area contributed by atoms with Crippen LogP contribution in [0.1, 0.15) is 25.8 Å². The lowest BCUT2D eigenvalue weighted by Crippen LogP contribution is -2.42. The van der Waals surface area contributed by atoms with E-state index in [1.165, 1.54) is 16.3 Å². The highest BCUT2D eigenvalue weighted by Crippen LogP contribution is 2.16. The molecule has 3 nitrogen and oxygen atoms in total. The predicted molar refractivity (Wildman–Crippen MR) is 86.5 cm³/mol. The molecule has 112 valence electrons. The van der Waals surface area contributed by atoms with E-state index in [1.807, 2.05) is 26.0 Å². The van der Waals surface area contributed by atoms with Crippen LogP contribution in [-0.4, -0.2) is 23.7 Å². The summed E-state index contributed by atoms with van der Waals surface area (Å²) in [6.07, 6.45) is 1.70. The molecule has 2 atom stereocenters. The molecule has 0 saturated carbocycles. The van der Waals surface area contributed by atoms with Gasteiger partial charge in [-0.2, -0.15) is 0 Å². The van der Waals surface area contributed by atoms with E-state index < -0.39 is 12.0 Å². The fourth-order valence-electron chi connectivity index (χ4n) is 2.53. The number of benzene rings is 2. The number of carbonyl (C=O) groups is 1. The summed E-state index contributed by atoms with van der Waals surface area (Å²) in [5.41, 5.74) is 1.23. The second kappa shape index (κ2) is 7.23. The second-order valence-corrected chi connectivity index (χ2v) is 5.59. The first-order chi connectivity index (χ1) is 10.1. The molecule has 0 saturated heterocycles. The van der Waals surface area contributed by atoms with Crippen LogP contribution in [0.25, 0.3) is 10.8 Å². The maximum absolute atomic E-state index is 11.3. The average Bonchev–Trinajstić information content (AvgIpc) is 2.50. The van der Waals surface area contributed by atoms with Crippen molar-refractivity contribution in [3.63, 3.8) is 0 Å². The minimum atomic E-state index is -0.761. The maximum Gasteiger partial charge on any atom is 0.320 e. The number of hydrogen-bond donors (Lipinski definition) is 2. The quantitative estimate of drug-likeness (QED) is 0.819. The molecular weight excluding hydrogens is 262 g/mol. The molecule has 0 heterocycles. The number of aliphatic carboxylic acids is 1. The van der Waals surface area contributed by atoms with E-state index in [-0.39, 0.29) is 5.92 Å². The summed E-state index contributed by atoms with van der Waals surface area (Å²) in [6.45, 7) is 4.67. The van der Waals surface area contributed by atoms with E-state index >= 15 is 0 Å². The standard InChI is InChI=1S/C18H23NO2/c1-3-13(2)17(18(20)21)19-11-10-14-8-9-15-6-4-5-7-16(15)12-14/h4-9,12-13,17,19H,3,10-11H2,1-2H3,(H,20,21)/t13-,17-/m0/s1. The number of carboxylic acid groups (broad SMARTS) is 1. The van der Waals surface area contributed by atoms with E-state index in [1.54, 1.807) is 0 Å². The zero-order valence-electron chi connectivity index (χ0n) is 12.7. The summed E-state index contributed by atoms with van der Waals surface area (Å²) in [7, 11) is 0. The Morgan fingerprint density at radius 2 is 1.90 bits per heavy atom. The molecule has 0 aliphatic carbocycles. The van der Waals surface area contributed by atoms with Gasteiger partial charge in [0.15, 0.2) is 0 Å². The van der Waals surface area contributed by atoms with Crippen molar-refractivity contribution in [2.45, 2.75) is 32.7 Å². The Morgan fingerprint density at radius 3 is 2.57 bits per heavy atom. The third-order valence-electron chi connectivity index (χ3n) is 4.07. The van der Waals surface area contributed by atoms with Gasteiger partial charge in [0.25, 0.3) is 0 Å². The number of carboxylic acids is 1. The molecule has 2 rings (SSSR count).